The predicted octanol–water partition coefficient (Wildman–Crippen LogP) is 3.10. The summed E-state index contributed by atoms with van der Waals surface area (Å²) in [5.74, 6) is 2.29. The third-order valence-corrected chi connectivity index (χ3v) is 5.14. The number of hydrogen-bond acceptors (Lipinski definition) is 5. The molecule has 2 N–H and O–H groups in total. The van der Waals surface area contributed by atoms with Crippen LogP contribution in [0.3, 0.4) is 0 Å². The number of carbonyl (C=O) groups is 1. The summed E-state index contributed by atoms with van der Waals surface area (Å²) >= 11 is 0. The lowest BCUT2D eigenvalue weighted by Gasteiger charge is -2.16. The van der Waals surface area contributed by atoms with Crippen LogP contribution in [0.5, 0.6) is 11.5 Å². The summed E-state index contributed by atoms with van der Waals surface area (Å²) in [6.07, 6.45) is 0.875. The maximum Gasteiger partial charge on any atom is 0.251 e. The van der Waals surface area contributed by atoms with Crippen molar-refractivity contribution >= 4 is 11.7 Å². The van der Waals surface area contributed by atoms with Crippen LogP contribution in [0.1, 0.15) is 16.8 Å². The summed E-state index contributed by atoms with van der Waals surface area (Å²) < 4.78 is 10.4. The molecule has 7 heteroatoms. The number of carbonyl (C=O) groups excluding carboxylic acids is 1. The molecule has 0 bridgehead atoms. The van der Waals surface area contributed by atoms with Gasteiger partial charge in [-0.05, 0) is 54.4 Å². The SMILES string of the molecule is COc1ccc(-c2cc(N3CC[C@H](NC(=O)c4cccc(OC)c4)C3)n[nH]2)cc1. The van der Waals surface area contributed by atoms with Crippen LogP contribution in [0.4, 0.5) is 5.82 Å². The highest BCUT2D eigenvalue weighted by Gasteiger charge is 2.26. The molecule has 2 heterocycles. The van der Waals surface area contributed by atoms with Crippen LogP contribution in [0, 0.1) is 0 Å². The Morgan fingerprint density at radius 2 is 1.90 bits per heavy atom. The zero-order chi connectivity index (χ0) is 20.2. The zero-order valence-corrected chi connectivity index (χ0v) is 16.5. The Morgan fingerprint density at radius 1 is 1.10 bits per heavy atom. The van der Waals surface area contributed by atoms with Crippen molar-refractivity contribution in [2.45, 2.75) is 12.5 Å². The van der Waals surface area contributed by atoms with E-state index in [2.05, 4.69) is 20.4 Å². The molecule has 2 aromatic carbocycles. The van der Waals surface area contributed by atoms with E-state index in [0.717, 1.165) is 42.3 Å². The van der Waals surface area contributed by atoms with Crippen LogP contribution in [0.15, 0.2) is 54.6 Å². The van der Waals surface area contributed by atoms with Crippen molar-refractivity contribution < 1.29 is 14.3 Å². The van der Waals surface area contributed by atoms with E-state index < -0.39 is 0 Å². The van der Waals surface area contributed by atoms with Crippen LogP contribution in [-0.2, 0) is 0 Å². The second kappa shape index (κ2) is 8.26. The lowest BCUT2D eigenvalue weighted by molar-refractivity contribution is 0.0940. The van der Waals surface area contributed by atoms with E-state index in [4.69, 9.17) is 9.47 Å². The van der Waals surface area contributed by atoms with Crippen molar-refractivity contribution in [3.63, 3.8) is 0 Å². The fraction of sp³-hybridized carbons (Fsp3) is 0.273. The summed E-state index contributed by atoms with van der Waals surface area (Å²) in [5, 5.41) is 10.7. The van der Waals surface area contributed by atoms with Gasteiger partial charge in [-0.3, -0.25) is 9.89 Å². The van der Waals surface area contributed by atoms with Gasteiger partial charge in [0.15, 0.2) is 5.82 Å². The molecule has 0 spiro atoms. The number of anilines is 1. The number of H-pyrrole nitrogens is 1. The Bertz CT molecular complexity index is 984. The van der Waals surface area contributed by atoms with Crippen molar-refractivity contribution in [3.05, 3.63) is 60.2 Å². The van der Waals surface area contributed by atoms with Crippen LogP contribution in [0.25, 0.3) is 11.3 Å². The van der Waals surface area contributed by atoms with Gasteiger partial charge in [0.05, 0.1) is 19.9 Å². The van der Waals surface area contributed by atoms with Gasteiger partial charge in [0.2, 0.25) is 0 Å². The normalized spacial score (nSPS) is 15.9. The molecule has 0 aliphatic carbocycles. The number of methoxy groups -OCH3 is 2. The highest BCUT2D eigenvalue weighted by Crippen LogP contribution is 2.26. The monoisotopic (exact) mass is 392 g/mol. The molecule has 1 aromatic heterocycles. The van der Waals surface area contributed by atoms with Gasteiger partial charge < -0.3 is 19.7 Å². The van der Waals surface area contributed by atoms with Crippen LogP contribution < -0.4 is 19.7 Å². The molecule has 4 rings (SSSR count). The van der Waals surface area contributed by atoms with Gasteiger partial charge in [0.25, 0.3) is 5.91 Å². The summed E-state index contributed by atoms with van der Waals surface area (Å²) in [6.45, 7) is 1.57. The van der Waals surface area contributed by atoms with E-state index in [-0.39, 0.29) is 11.9 Å². The van der Waals surface area contributed by atoms with Crippen molar-refractivity contribution in [1.29, 1.82) is 0 Å². The minimum atomic E-state index is -0.0864. The summed E-state index contributed by atoms with van der Waals surface area (Å²) in [4.78, 5) is 14.7. The van der Waals surface area contributed by atoms with Gasteiger partial charge in [0, 0.05) is 30.8 Å². The van der Waals surface area contributed by atoms with Crippen molar-refractivity contribution in [2.75, 3.05) is 32.2 Å². The zero-order valence-electron chi connectivity index (χ0n) is 16.5. The van der Waals surface area contributed by atoms with E-state index in [0.29, 0.717) is 11.3 Å². The molecule has 150 valence electrons. The fourth-order valence-electron chi connectivity index (χ4n) is 3.51. The number of nitrogens with zero attached hydrogens (tertiary/aromatic N) is 2. The van der Waals surface area contributed by atoms with E-state index in [1.165, 1.54) is 0 Å². The van der Waals surface area contributed by atoms with E-state index >= 15 is 0 Å². The lowest BCUT2D eigenvalue weighted by Crippen LogP contribution is -2.37. The van der Waals surface area contributed by atoms with Crippen LogP contribution in [0.2, 0.25) is 0 Å². The maximum atomic E-state index is 12.5. The Balaban J connectivity index is 1.38. The molecule has 29 heavy (non-hydrogen) atoms. The average Bonchev–Trinajstić information content (AvgIpc) is 3.43. The van der Waals surface area contributed by atoms with Crippen molar-refractivity contribution in [2.24, 2.45) is 0 Å². The number of aromatic nitrogens is 2. The fourth-order valence-corrected chi connectivity index (χ4v) is 3.51. The summed E-state index contributed by atoms with van der Waals surface area (Å²) in [7, 11) is 3.25. The minimum Gasteiger partial charge on any atom is -0.497 e. The molecule has 1 atom stereocenters. The first-order chi connectivity index (χ1) is 14.2. The Labute approximate surface area is 169 Å². The first kappa shape index (κ1) is 18.9. The van der Waals surface area contributed by atoms with E-state index in [1.807, 2.05) is 42.5 Å². The Kier molecular flexibility index (Phi) is 5.37. The Morgan fingerprint density at radius 3 is 2.66 bits per heavy atom. The number of benzene rings is 2. The van der Waals surface area contributed by atoms with Gasteiger partial charge in [-0.15, -0.1) is 0 Å². The molecule has 7 nitrogen and oxygen atoms in total. The predicted molar refractivity (Wildman–Crippen MR) is 112 cm³/mol. The average molecular weight is 392 g/mol. The molecule has 1 saturated heterocycles. The van der Waals surface area contributed by atoms with Gasteiger partial charge in [0.1, 0.15) is 11.5 Å². The van der Waals surface area contributed by atoms with Crippen LogP contribution >= 0.6 is 0 Å². The topological polar surface area (TPSA) is 79.5 Å². The first-order valence-corrected chi connectivity index (χ1v) is 9.56. The summed E-state index contributed by atoms with van der Waals surface area (Å²) in [5.41, 5.74) is 2.60. The molecular formula is C22H24N4O3. The van der Waals surface area contributed by atoms with Gasteiger partial charge in [-0.25, -0.2) is 0 Å². The third kappa shape index (κ3) is 4.18. The highest BCUT2D eigenvalue weighted by molar-refractivity contribution is 5.94. The molecule has 0 saturated carbocycles. The molecule has 0 radical (unpaired) electrons. The highest BCUT2D eigenvalue weighted by atomic mass is 16.5. The molecule has 1 aliphatic rings. The number of rotatable bonds is 6. The number of ether oxygens (including phenoxy) is 2. The molecule has 1 aliphatic heterocycles. The number of amides is 1. The third-order valence-electron chi connectivity index (χ3n) is 5.14. The molecule has 1 fully saturated rings. The second-order valence-corrected chi connectivity index (χ2v) is 7.01. The first-order valence-electron chi connectivity index (χ1n) is 9.56. The second-order valence-electron chi connectivity index (χ2n) is 7.01. The van der Waals surface area contributed by atoms with Crippen LogP contribution in [-0.4, -0.2) is 49.5 Å². The maximum absolute atomic E-state index is 12.5. The van der Waals surface area contributed by atoms with E-state index in [1.54, 1.807) is 26.4 Å². The number of hydrogen-bond donors (Lipinski definition) is 2. The lowest BCUT2D eigenvalue weighted by atomic mass is 10.1. The summed E-state index contributed by atoms with van der Waals surface area (Å²) in [6, 6.07) is 17.1. The van der Waals surface area contributed by atoms with Crippen molar-refractivity contribution in [3.8, 4) is 22.8 Å². The molecular weight excluding hydrogens is 368 g/mol. The minimum absolute atomic E-state index is 0.0786. The largest absolute Gasteiger partial charge is 0.497 e. The molecule has 0 unspecified atom stereocenters. The standard InChI is InChI=1S/C22H24N4O3/c1-28-18-8-6-15(7-9-18)20-13-21(25-24-20)26-11-10-17(14-26)23-22(27)16-4-3-5-19(12-16)29-2/h3-9,12-13,17H,10-11,14H2,1-2H3,(H,23,27)(H,24,25)/t17-/m0/s1. The van der Waals surface area contributed by atoms with Gasteiger partial charge >= 0.3 is 0 Å². The quantitative estimate of drug-likeness (QED) is 0.674. The number of nitrogens with one attached hydrogen (secondary N) is 2. The number of aromatic amines is 1. The molecule has 3 aromatic rings. The van der Waals surface area contributed by atoms with Crippen molar-refractivity contribution in [1.82, 2.24) is 15.5 Å². The smallest absolute Gasteiger partial charge is 0.251 e. The van der Waals surface area contributed by atoms with E-state index in [9.17, 15) is 4.79 Å². The molecule has 1 amide bonds. The van der Waals surface area contributed by atoms with Gasteiger partial charge in [-0.2, -0.15) is 5.10 Å². The van der Waals surface area contributed by atoms with Gasteiger partial charge in [-0.1, -0.05) is 6.07 Å². The Hall–Kier alpha value is -3.48.